The largest absolute Gasteiger partial charge is 0.492 e. The molecule has 1 saturated heterocycles. The summed E-state index contributed by atoms with van der Waals surface area (Å²) in [6.45, 7) is 6.56. The minimum Gasteiger partial charge on any atom is -0.492 e. The number of rotatable bonds is 6. The third-order valence-corrected chi connectivity index (χ3v) is 5.49. The number of anilines is 1. The number of piperidine rings is 1. The van der Waals surface area contributed by atoms with Gasteiger partial charge in [-0.3, -0.25) is 0 Å². The minimum absolute atomic E-state index is 0. The Kier molecular flexibility index (Phi) is 7.86. The number of fused-ring (bicyclic) bond motifs is 1. The average Bonchev–Trinajstić information content (AvgIpc) is 3.12. The normalized spacial score (nSPS) is 17.3. The van der Waals surface area contributed by atoms with Crippen LogP contribution in [0.4, 0.5) is 5.69 Å². The van der Waals surface area contributed by atoms with Gasteiger partial charge in [-0.05, 0) is 50.9 Å². The lowest BCUT2D eigenvalue weighted by Gasteiger charge is -2.31. The van der Waals surface area contributed by atoms with Gasteiger partial charge in [0.1, 0.15) is 11.3 Å². The molecular weight excluding hydrogens is 375 g/mol. The van der Waals surface area contributed by atoms with Gasteiger partial charge in [0.15, 0.2) is 0 Å². The summed E-state index contributed by atoms with van der Waals surface area (Å²) in [5.41, 5.74) is 7.70. The van der Waals surface area contributed by atoms with Crippen LogP contribution in [0.1, 0.15) is 48.5 Å². The molecule has 0 aliphatic carbocycles. The van der Waals surface area contributed by atoms with Crippen LogP contribution in [-0.4, -0.2) is 43.7 Å². The summed E-state index contributed by atoms with van der Waals surface area (Å²) in [5, 5.41) is 0.389. The highest BCUT2D eigenvalue weighted by Crippen LogP contribution is 2.39. The Bertz CT molecular complexity index is 632. The second-order valence-electron chi connectivity index (χ2n) is 6.96. The highest BCUT2D eigenvalue weighted by atomic mass is 35.5. The second-order valence-corrected chi connectivity index (χ2v) is 7.37. The summed E-state index contributed by atoms with van der Waals surface area (Å²) in [4.78, 5) is 15.0. The summed E-state index contributed by atoms with van der Waals surface area (Å²) in [6, 6.07) is 1.57. The summed E-state index contributed by atoms with van der Waals surface area (Å²) in [5.74, 6) is 0.606. The number of nitrogen functional groups attached to an aromatic ring is 1. The van der Waals surface area contributed by atoms with Crippen molar-refractivity contribution in [1.29, 1.82) is 0 Å². The number of nitrogens with two attached hydrogens (primary N) is 1. The molecule has 1 aromatic carbocycles. The van der Waals surface area contributed by atoms with Gasteiger partial charge in [-0.1, -0.05) is 24.9 Å². The lowest BCUT2D eigenvalue weighted by molar-refractivity contribution is 0.0368. The van der Waals surface area contributed by atoms with Gasteiger partial charge in [-0.2, -0.15) is 0 Å². The molecule has 0 amide bonds. The van der Waals surface area contributed by atoms with E-state index in [9.17, 15) is 4.79 Å². The lowest BCUT2D eigenvalue weighted by Crippen LogP contribution is -2.36. The smallest absolute Gasteiger partial charge is 0.341 e. The highest BCUT2D eigenvalue weighted by molar-refractivity contribution is 6.33. The highest BCUT2D eigenvalue weighted by Gasteiger charge is 2.27. The molecule has 0 saturated carbocycles. The van der Waals surface area contributed by atoms with E-state index < -0.39 is 0 Å². The molecule has 26 heavy (non-hydrogen) atoms. The Morgan fingerprint density at radius 1 is 1.42 bits per heavy atom. The van der Waals surface area contributed by atoms with E-state index in [0.29, 0.717) is 47.6 Å². The van der Waals surface area contributed by atoms with Crippen LogP contribution in [0.2, 0.25) is 5.02 Å². The van der Waals surface area contributed by atoms with Crippen LogP contribution in [0.15, 0.2) is 6.07 Å². The number of unbranched alkanes of at least 4 members (excludes halogenated alkanes) is 1. The van der Waals surface area contributed by atoms with Gasteiger partial charge in [0.05, 0.1) is 23.9 Å². The van der Waals surface area contributed by atoms with Crippen molar-refractivity contribution in [2.24, 2.45) is 5.92 Å². The lowest BCUT2D eigenvalue weighted by atomic mass is 9.97. The molecule has 2 N–H and O–H groups in total. The first kappa shape index (κ1) is 21.1. The van der Waals surface area contributed by atoms with Crippen molar-refractivity contribution in [3.05, 3.63) is 22.2 Å². The van der Waals surface area contributed by atoms with Crippen molar-refractivity contribution in [2.75, 3.05) is 38.6 Å². The van der Waals surface area contributed by atoms with E-state index in [1.165, 1.54) is 19.4 Å². The Morgan fingerprint density at radius 3 is 2.85 bits per heavy atom. The molecule has 2 aliphatic heterocycles. The zero-order valence-corrected chi connectivity index (χ0v) is 16.8. The predicted molar refractivity (Wildman–Crippen MR) is 107 cm³/mol. The molecule has 0 bridgehead atoms. The van der Waals surface area contributed by atoms with E-state index in [-0.39, 0.29) is 18.4 Å². The van der Waals surface area contributed by atoms with Crippen LogP contribution in [0, 0.1) is 5.92 Å². The first-order valence-corrected chi connectivity index (χ1v) is 9.61. The van der Waals surface area contributed by atoms with Gasteiger partial charge in [0.25, 0.3) is 0 Å². The molecule has 0 atom stereocenters. The molecule has 2 aliphatic rings. The molecule has 0 unspecified atom stereocenters. The Balaban J connectivity index is 0.00000243. The summed E-state index contributed by atoms with van der Waals surface area (Å²) >= 11 is 6.15. The summed E-state index contributed by atoms with van der Waals surface area (Å²) in [6.07, 6.45) is 5.32. The van der Waals surface area contributed by atoms with E-state index in [2.05, 4.69) is 11.8 Å². The van der Waals surface area contributed by atoms with Crippen LogP contribution in [0.3, 0.4) is 0 Å². The summed E-state index contributed by atoms with van der Waals surface area (Å²) < 4.78 is 11.2. The maximum atomic E-state index is 12.5. The quantitative estimate of drug-likeness (QED) is 0.576. The topological polar surface area (TPSA) is 64.8 Å². The van der Waals surface area contributed by atoms with Crippen LogP contribution >= 0.6 is 24.0 Å². The van der Waals surface area contributed by atoms with Crippen LogP contribution in [0.25, 0.3) is 0 Å². The number of hydrogen-bond acceptors (Lipinski definition) is 5. The fourth-order valence-corrected chi connectivity index (χ4v) is 3.77. The monoisotopic (exact) mass is 402 g/mol. The minimum atomic E-state index is -0.367. The average molecular weight is 403 g/mol. The number of esters is 1. The molecule has 3 rings (SSSR count). The van der Waals surface area contributed by atoms with Gasteiger partial charge >= 0.3 is 5.97 Å². The third-order valence-electron chi connectivity index (χ3n) is 5.18. The van der Waals surface area contributed by atoms with Crippen LogP contribution in [0.5, 0.6) is 5.75 Å². The molecule has 1 aromatic rings. The standard InChI is InChI=1S/C19H27ClN2O3.ClH/c1-2-3-7-22-8-4-13(5-9-22)12-25-19(23)15-11-16(20)17(21)14-6-10-24-18(14)15;/h11,13H,2-10,12,21H2,1H3;1H. The number of likely N-dealkylation sites (tertiary alicyclic amines) is 1. The van der Waals surface area contributed by atoms with Gasteiger partial charge in [-0.25, -0.2) is 4.79 Å². The van der Waals surface area contributed by atoms with Crippen molar-refractivity contribution in [1.82, 2.24) is 4.90 Å². The van der Waals surface area contributed by atoms with Crippen LogP contribution < -0.4 is 10.5 Å². The summed E-state index contributed by atoms with van der Waals surface area (Å²) in [7, 11) is 0. The number of carbonyl (C=O) groups is 1. The van der Waals surface area contributed by atoms with Gasteiger partial charge in [0.2, 0.25) is 0 Å². The zero-order chi connectivity index (χ0) is 17.8. The van der Waals surface area contributed by atoms with E-state index in [1.54, 1.807) is 6.07 Å². The number of halogens is 2. The van der Waals surface area contributed by atoms with E-state index in [0.717, 1.165) is 31.5 Å². The second kappa shape index (κ2) is 9.67. The number of benzene rings is 1. The first-order chi connectivity index (χ1) is 12.1. The fourth-order valence-electron chi connectivity index (χ4n) is 3.55. The van der Waals surface area contributed by atoms with Crippen molar-refractivity contribution >= 4 is 35.7 Å². The van der Waals surface area contributed by atoms with Gasteiger partial charge < -0.3 is 20.1 Å². The third kappa shape index (κ3) is 4.76. The van der Waals surface area contributed by atoms with Gasteiger partial charge in [0, 0.05) is 12.0 Å². The molecule has 7 heteroatoms. The maximum Gasteiger partial charge on any atom is 0.341 e. The molecular formula is C19H28Cl2N2O3. The molecule has 0 radical (unpaired) electrons. The Hall–Kier alpha value is -1.17. The molecule has 146 valence electrons. The van der Waals surface area contributed by atoms with E-state index >= 15 is 0 Å². The SMILES string of the molecule is CCCCN1CCC(COC(=O)c2cc(Cl)c(N)c3c2OCC3)CC1.Cl. The molecule has 0 spiro atoms. The molecule has 1 fully saturated rings. The van der Waals surface area contributed by atoms with Gasteiger partial charge in [-0.15, -0.1) is 12.4 Å². The zero-order valence-electron chi connectivity index (χ0n) is 15.3. The Morgan fingerprint density at radius 2 is 2.15 bits per heavy atom. The number of hydrogen-bond donors (Lipinski definition) is 1. The van der Waals surface area contributed by atoms with Crippen LogP contribution in [-0.2, 0) is 11.2 Å². The van der Waals surface area contributed by atoms with E-state index in [4.69, 9.17) is 26.8 Å². The maximum absolute atomic E-state index is 12.5. The number of carbonyl (C=O) groups excluding carboxylic acids is 1. The molecule has 0 aromatic heterocycles. The predicted octanol–water partition coefficient (Wildman–Crippen LogP) is 3.95. The first-order valence-electron chi connectivity index (χ1n) is 9.23. The van der Waals surface area contributed by atoms with Crippen molar-refractivity contribution in [3.63, 3.8) is 0 Å². The van der Waals surface area contributed by atoms with Crippen molar-refractivity contribution < 1.29 is 14.3 Å². The van der Waals surface area contributed by atoms with Crippen molar-refractivity contribution in [3.8, 4) is 5.75 Å². The van der Waals surface area contributed by atoms with Crippen molar-refractivity contribution in [2.45, 2.75) is 39.0 Å². The number of ether oxygens (including phenoxy) is 2. The van der Waals surface area contributed by atoms with E-state index in [1.807, 2.05) is 0 Å². The number of nitrogens with zero attached hydrogens (tertiary/aromatic N) is 1. The fraction of sp³-hybridized carbons (Fsp3) is 0.632. The molecule has 5 nitrogen and oxygen atoms in total. The molecule has 2 heterocycles. The Labute approximate surface area is 166 Å².